The van der Waals surface area contributed by atoms with Crippen LogP contribution in [0.3, 0.4) is 0 Å². The molecule has 1 N–H and O–H groups in total. The second-order valence-corrected chi connectivity index (χ2v) is 5.36. The molecule has 4 nitrogen and oxygen atoms in total. The molecule has 1 aliphatic heterocycles. The topological polar surface area (TPSA) is 37.4 Å². The van der Waals surface area contributed by atoms with Gasteiger partial charge in [-0.2, -0.15) is 0 Å². The van der Waals surface area contributed by atoms with Crippen molar-refractivity contribution in [2.45, 2.75) is 6.61 Å². The van der Waals surface area contributed by atoms with E-state index in [4.69, 9.17) is 16.3 Å². The summed E-state index contributed by atoms with van der Waals surface area (Å²) in [5.41, 5.74) is 2.07. The van der Waals surface area contributed by atoms with Crippen LogP contribution in [0, 0.1) is 0 Å². The minimum absolute atomic E-state index is 0.424. The van der Waals surface area contributed by atoms with Gasteiger partial charge in [0.1, 0.15) is 17.5 Å². The van der Waals surface area contributed by atoms with Crippen molar-refractivity contribution in [2.75, 3.05) is 31.1 Å². The smallest absolute Gasteiger partial charge is 0.130 e. The number of rotatable bonds is 4. The Balaban J connectivity index is 1.59. The summed E-state index contributed by atoms with van der Waals surface area (Å²) in [7, 11) is 0. The van der Waals surface area contributed by atoms with Crippen molar-refractivity contribution in [3.05, 3.63) is 53.3 Å². The average Bonchev–Trinajstić information content (AvgIpc) is 2.54. The first kappa shape index (κ1) is 14.2. The molecular formula is C16H18ClN3O. The molecule has 2 heterocycles. The van der Waals surface area contributed by atoms with Gasteiger partial charge in [0.2, 0.25) is 0 Å². The highest BCUT2D eigenvalue weighted by Crippen LogP contribution is 2.20. The molecule has 5 heteroatoms. The van der Waals surface area contributed by atoms with Gasteiger partial charge in [0.05, 0.1) is 5.69 Å². The van der Waals surface area contributed by atoms with Crippen molar-refractivity contribution in [1.29, 1.82) is 0 Å². The van der Waals surface area contributed by atoms with Crippen LogP contribution < -0.4 is 15.0 Å². The van der Waals surface area contributed by atoms with E-state index >= 15 is 0 Å². The Bertz CT molecular complexity index is 582. The van der Waals surface area contributed by atoms with Gasteiger partial charge in [0.25, 0.3) is 0 Å². The number of piperazine rings is 1. The standard InChI is InChI=1S/C16H18ClN3O/c17-16-3-1-2-13(19-16)12-21-15-6-4-14(5-7-15)20-10-8-18-9-11-20/h1-7,18H,8-12H2. The van der Waals surface area contributed by atoms with Crippen molar-refractivity contribution in [3.8, 4) is 5.75 Å². The highest BCUT2D eigenvalue weighted by molar-refractivity contribution is 6.29. The summed E-state index contributed by atoms with van der Waals surface area (Å²) in [5, 5.41) is 3.85. The molecule has 0 saturated carbocycles. The lowest BCUT2D eigenvalue weighted by Crippen LogP contribution is -2.43. The van der Waals surface area contributed by atoms with E-state index in [-0.39, 0.29) is 0 Å². The second kappa shape index (κ2) is 6.78. The molecule has 21 heavy (non-hydrogen) atoms. The van der Waals surface area contributed by atoms with Crippen LogP contribution >= 0.6 is 11.6 Å². The fraction of sp³-hybridized carbons (Fsp3) is 0.312. The van der Waals surface area contributed by atoms with Gasteiger partial charge in [-0.3, -0.25) is 0 Å². The Hall–Kier alpha value is -1.78. The van der Waals surface area contributed by atoms with Crippen LogP contribution in [0.25, 0.3) is 0 Å². The van der Waals surface area contributed by atoms with Gasteiger partial charge in [-0.1, -0.05) is 17.7 Å². The van der Waals surface area contributed by atoms with E-state index in [1.165, 1.54) is 5.69 Å². The molecule has 0 unspecified atom stereocenters. The van der Waals surface area contributed by atoms with Crippen LogP contribution in [0.1, 0.15) is 5.69 Å². The summed E-state index contributed by atoms with van der Waals surface area (Å²) in [4.78, 5) is 6.58. The molecule has 0 aliphatic carbocycles. The van der Waals surface area contributed by atoms with Crippen LogP contribution in [-0.2, 0) is 6.61 Å². The Morgan fingerprint density at radius 2 is 1.86 bits per heavy atom. The fourth-order valence-electron chi connectivity index (χ4n) is 2.36. The number of pyridine rings is 1. The Morgan fingerprint density at radius 1 is 1.10 bits per heavy atom. The van der Waals surface area contributed by atoms with E-state index in [1.807, 2.05) is 24.3 Å². The normalized spacial score (nSPS) is 15.0. The van der Waals surface area contributed by atoms with Crippen molar-refractivity contribution >= 4 is 17.3 Å². The zero-order valence-electron chi connectivity index (χ0n) is 11.8. The molecule has 1 aromatic heterocycles. The molecule has 1 aliphatic rings. The van der Waals surface area contributed by atoms with Gasteiger partial charge in [-0.15, -0.1) is 0 Å². The molecule has 0 bridgehead atoms. The van der Waals surface area contributed by atoms with Crippen LogP contribution in [0.15, 0.2) is 42.5 Å². The van der Waals surface area contributed by atoms with Crippen LogP contribution in [0.4, 0.5) is 5.69 Å². The Morgan fingerprint density at radius 3 is 2.57 bits per heavy atom. The second-order valence-electron chi connectivity index (χ2n) is 4.97. The maximum atomic E-state index is 5.86. The number of anilines is 1. The first-order valence-electron chi connectivity index (χ1n) is 7.11. The maximum absolute atomic E-state index is 5.86. The summed E-state index contributed by atoms with van der Waals surface area (Å²) in [6.45, 7) is 4.60. The van der Waals surface area contributed by atoms with E-state index in [1.54, 1.807) is 6.07 Å². The van der Waals surface area contributed by atoms with Crippen LogP contribution in [0.2, 0.25) is 5.15 Å². The monoisotopic (exact) mass is 303 g/mol. The van der Waals surface area contributed by atoms with E-state index < -0.39 is 0 Å². The predicted octanol–water partition coefficient (Wildman–Crippen LogP) is 2.72. The molecule has 0 radical (unpaired) electrons. The molecule has 0 spiro atoms. The van der Waals surface area contributed by atoms with Gasteiger partial charge in [0, 0.05) is 31.9 Å². The summed E-state index contributed by atoms with van der Waals surface area (Å²) >= 11 is 5.86. The van der Waals surface area contributed by atoms with E-state index in [0.717, 1.165) is 37.6 Å². The summed E-state index contributed by atoms with van der Waals surface area (Å²) < 4.78 is 5.74. The van der Waals surface area contributed by atoms with Gasteiger partial charge in [0.15, 0.2) is 0 Å². The zero-order valence-corrected chi connectivity index (χ0v) is 12.5. The maximum Gasteiger partial charge on any atom is 0.130 e. The van der Waals surface area contributed by atoms with E-state index in [2.05, 4.69) is 27.3 Å². The Labute approximate surface area is 129 Å². The first-order valence-corrected chi connectivity index (χ1v) is 7.49. The summed E-state index contributed by atoms with van der Waals surface area (Å²) in [5.74, 6) is 0.843. The summed E-state index contributed by atoms with van der Waals surface area (Å²) in [6, 6.07) is 13.7. The number of nitrogens with zero attached hydrogens (tertiary/aromatic N) is 2. The minimum Gasteiger partial charge on any atom is -0.487 e. The molecular weight excluding hydrogens is 286 g/mol. The lowest BCUT2D eigenvalue weighted by Gasteiger charge is -2.29. The molecule has 3 rings (SSSR count). The number of aromatic nitrogens is 1. The van der Waals surface area contributed by atoms with Crippen LogP contribution in [0.5, 0.6) is 5.75 Å². The quantitative estimate of drug-likeness (QED) is 0.881. The Kier molecular flexibility index (Phi) is 4.58. The molecule has 0 atom stereocenters. The number of halogens is 1. The molecule has 2 aromatic rings. The third-order valence-electron chi connectivity index (χ3n) is 3.48. The SMILES string of the molecule is Clc1cccc(COc2ccc(N3CCNCC3)cc2)n1. The van der Waals surface area contributed by atoms with Gasteiger partial charge >= 0.3 is 0 Å². The average molecular weight is 304 g/mol. The highest BCUT2D eigenvalue weighted by Gasteiger charge is 2.10. The lowest BCUT2D eigenvalue weighted by molar-refractivity contribution is 0.301. The number of nitrogens with one attached hydrogen (secondary N) is 1. The number of benzene rings is 1. The highest BCUT2D eigenvalue weighted by atomic mass is 35.5. The van der Waals surface area contributed by atoms with Crippen molar-refractivity contribution in [3.63, 3.8) is 0 Å². The third-order valence-corrected chi connectivity index (χ3v) is 3.69. The minimum atomic E-state index is 0.424. The predicted molar refractivity (Wildman–Crippen MR) is 85.1 cm³/mol. The van der Waals surface area contributed by atoms with E-state index in [0.29, 0.717) is 11.8 Å². The third kappa shape index (κ3) is 3.86. The molecule has 110 valence electrons. The van der Waals surface area contributed by atoms with Gasteiger partial charge < -0.3 is 15.0 Å². The van der Waals surface area contributed by atoms with Crippen molar-refractivity contribution in [2.24, 2.45) is 0 Å². The number of hydrogen-bond acceptors (Lipinski definition) is 4. The number of ether oxygens (including phenoxy) is 1. The van der Waals surface area contributed by atoms with Gasteiger partial charge in [-0.05, 0) is 36.4 Å². The fourth-order valence-corrected chi connectivity index (χ4v) is 2.55. The van der Waals surface area contributed by atoms with Crippen LogP contribution in [-0.4, -0.2) is 31.2 Å². The molecule has 0 amide bonds. The first-order chi connectivity index (χ1) is 10.3. The number of hydrogen-bond donors (Lipinski definition) is 1. The van der Waals surface area contributed by atoms with Crippen molar-refractivity contribution in [1.82, 2.24) is 10.3 Å². The molecule has 1 saturated heterocycles. The summed E-state index contributed by atoms with van der Waals surface area (Å²) in [6.07, 6.45) is 0. The van der Waals surface area contributed by atoms with Crippen molar-refractivity contribution < 1.29 is 4.74 Å². The zero-order chi connectivity index (χ0) is 14.5. The van der Waals surface area contributed by atoms with Gasteiger partial charge in [-0.25, -0.2) is 4.98 Å². The lowest BCUT2D eigenvalue weighted by atomic mass is 10.2. The van der Waals surface area contributed by atoms with E-state index in [9.17, 15) is 0 Å². The largest absolute Gasteiger partial charge is 0.487 e. The molecule has 1 aromatic carbocycles. The molecule has 1 fully saturated rings.